The van der Waals surface area contributed by atoms with Crippen molar-refractivity contribution in [3.05, 3.63) is 94.8 Å². The van der Waals surface area contributed by atoms with Gasteiger partial charge in [-0.2, -0.15) is 0 Å². The monoisotopic (exact) mass is 540 g/mol. The second-order valence-electron chi connectivity index (χ2n) is 10.3. The van der Waals surface area contributed by atoms with E-state index in [0.29, 0.717) is 29.2 Å². The number of amides is 2. The van der Waals surface area contributed by atoms with Crippen molar-refractivity contribution in [1.82, 2.24) is 25.2 Å². The minimum Gasteiger partial charge on any atom is -0.331 e. The largest absolute Gasteiger partial charge is 0.331 e. The molecule has 0 saturated carbocycles. The quantitative estimate of drug-likeness (QED) is 0.395. The molecule has 4 heterocycles. The predicted octanol–water partition coefficient (Wildman–Crippen LogP) is 4.15. The Hall–Kier alpha value is -3.88. The van der Waals surface area contributed by atoms with Crippen molar-refractivity contribution in [3.8, 4) is 0 Å². The molecule has 198 valence electrons. The summed E-state index contributed by atoms with van der Waals surface area (Å²) in [5, 5.41) is 5.90. The van der Waals surface area contributed by atoms with E-state index in [1.54, 1.807) is 23.2 Å². The third-order valence-corrected chi connectivity index (χ3v) is 8.17. The number of carbonyl (C=O) groups excluding carboxylic acids is 2. The molecule has 2 aromatic carbocycles. The van der Waals surface area contributed by atoms with E-state index in [2.05, 4.69) is 27.2 Å². The third-order valence-electron chi connectivity index (χ3n) is 7.94. The maximum atomic E-state index is 14.8. The lowest BCUT2D eigenvalue weighted by Crippen LogP contribution is -2.57. The van der Waals surface area contributed by atoms with Crippen molar-refractivity contribution in [2.24, 2.45) is 5.92 Å². The van der Waals surface area contributed by atoms with Gasteiger partial charge in [0.25, 0.3) is 5.91 Å². The number of hydrogen-bond donors (Lipinski definition) is 1. The first-order valence-corrected chi connectivity index (χ1v) is 13.5. The Morgan fingerprint density at radius 3 is 2.77 bits per heavy atom. The Morgan fingerprint density at radius 1 is 1.10 bits per heavy atom. The first-order valence-electron chi connectivity index (χ1n) is 13.1. The van der Waals surface area contributed by atoms with Crippen molar-refractivity contribution in [3.63, 3.8) is 0 Å². The number of benzene rings is 2. The summed E-state index contributed by atoms with van der Waals surface area (Å²) in [4.78, 5) is 45.2. The molecule has 8 nitrogen and oxygen atoms in total. The molecule has 6 rings (SSSR count). The average Bonchev–Trinajstić information content (AvgIpc) is 3.21. The standard InChI is InChI=1S/C30H29ClN6O2/c1-3-32-13-21-15-37(27-14-33-12-20-6-4-5-7-24(20)27)29(39)30(21)17-36(16-23-10-19(2)34-18-35-23)28(38)25-9-8-22(31)11-26(25)30/h4-12,14,18,21,32H,3,13,15-17H2,1-2H3/t21-,30-/m1/s1. The fourth-order valence-corrected chi connectivity index (χ4v) is 6.28. The lowest BCUT2D eigenvalue weighted by atomic mass is 9.67. The molecule has 0 bridgehead atoms. The zero-order valence-corrected chi connectivity index (χ0v) is 22.7. The molecule has 9 heteroatoms. The van der Waals surface area contributed by atoms with E-state index in [1.165, 1.54) is 6.33 Å². The van der Waals surface area contributed by atoms with Gasteiger partial charge in [-0.1, -0.05) is 42.8 Å². The van der Waals surface area contributed by atoms with Gasteiger partial charge < -0.3 is 15.1 Å². The summed E-state index contributed by atoms with van der Waals surface area (Å²) < 4.78 is 0. The SMILES string of the molecule is CCNC[C@@H]1CN(c2cncc3ccccc23)C(=O)[C@]12CN(Cc1cc(C)ncn1)C(=O)c1ccc(Cl)cc12. The first kappa shape index (κ1) is 25.4. The molecule has 1 fully saturated rings. The van der Waals surface area contributed by atoms with E-state index in [4.69, 9.17) is 11.6 Å². The number of rotatable bonds is 6. The van der Waals surface area contributed by atoms with Gasteiger partial charge in [-0.15, -0.1) is 0 Å². The summed E-state index contributed by atoms with van der Waals surface area (Å²) in [6, 6.07) is 15.1. The third kappa shape index (κ3) is 4.24. The molecular formula is C30H29ClN6O2. The minimum absolute atomic E-state index is 0.0524. The number of hydrogen-bond acceptors (Lipinski definition) is 6. The maximum Gasteiger partial charge on any atom is 0.254 e. The van der Waals surface area contributed by atoms with E-state index in [-0.39, 0.29) is 30.8 Å². The van der Waals surface area contributed by atoms with Crippen LogP contribution in [0.4, 0.5) is 5.69 Å². The molecule has 0 unspecified atom stereocenters. The lowest BCUT2D eigenvalue weighted by Gasteiger charge is -2.43. The number of carbonyl (C=O) groups is 2. The molecule has 0 radical (unpaired) electrons. The number of nitrogens with zero attached hydrogens (tertiary/aromatic N) is 5. The smallest absolute Gasteiger partial charge is 0.254 e. The van der Waals surface area contributed by atoms with Gasteiger partial charge in [0.15, 0.2) is 0 Å². The van der Waals surface area contributed by atoms with Gasteiger partial charge in [-0.25, -0.2) is 9.97 Å². The molecular weight excluding hydrogens is 512 g/mol. The number of aromatic nitrogens is 3. The molecule has 1 saturated heterocycles. The number of nitrogens with one attached hydrogen (secondary N) is 1. The molecule has 2 amide bonds. The summed E-state index contributed by atoms with van der Waals surface area (Å²) in [6.45, 7) is 6.32. The predicted molar refractivity (Wildman–Crippen MR) is 151 cm³/mol. The lowest BCUT2D eigenvalue weighted by molar-refractivity contribution is -0.123. The van der Waals surface area contributed by atoms with Crippen LogP contribution in [0.2, 0.25) is 5.02 Å². The molecule has 4 aromatic rings. The van der Waals surface area contributed by atoms with Crippen molar-refractivity contribution in [2.45, 2.75) is 25.8 Å². The van der Waals surface area contributed by atoms with Crippen LogP contribution in [0.5, 0.6) is 0 Å². The molecule has 1 N–H and O–H groups in total. The maximum absolute atomic E-state index is 14.8. The Labute approximate surface area is 232 Å². The minimum atomic E-state index is -0.991. The average molecular weight is 541 g/mol. The Morgan fingerprint density at radius 2 is 1.95 bits per heavy atom. The van der Waals surface area contributed by atoms with E-state index in [0.717, 1.165) is 34.4 Å². The Balaban J connectivity index is 1.51. The van der Waals surface area contributed by atoms with Crippen LogP contribution in [0.3, 0.4) is 0 Å². The van der Waals surface area contributed by atoms with Crippen LogP contribution >= 0.6 is 11.6 Å². The topological polar surface area (TPSA) is 91.3 Å². The van der Waals surface area contributed by atoms with Gasteiger partial charge >= 0.3 is 0 Å². The van der Waals surface area contributed by atoms with E-state index < -0.39 is 5.41 Å². The van der Waals surface area contributed by atoms with Gasteiger partial charge in [-0.05, 0) is 43.3 Å². The second kappa shape index (κ2) is 10.0. The van der Waals surface area contributed by atoms with Crippen molar-refractivity contribution in [2.75, 3.05) is 31.1 Å². The van der Waals surface area contributed by atoms with Gasteiger partial charge in [0.05, 0.1) is 29.5 Å². The van der Waals surface area contributed by atoms with Crippen LogP contribution in [0.25, 0.3) is 10.8 Å². The number of fused-ring (bicyclic) bond motifs is 3. The van der Waals surface area contributed by atoms with Crippen LogP contribution in [0.1, 0.15) is 34.2 Å². The summed E-state index contributed by atoms with van der Waals surface area (Å²) in [5.74, 6) is -0.309. The molecule has 2 aliphatic rings. The molecule has 39 heavy (non-hydrogen) atoms. The highest BCUT2D eigenvalue weighted by Gasteiger charge is 2.59. The summed E-state index contributed by atoms with van der Waals surface area (Å²) in [7, 11) is 0. The Bertz CT molecular complexity index is 1590. The number of anilines is 1. The van der Waals surface area contributed by atoms with Gasteiger partial charge in [-0.3, -0.25) is 14.6 Å². The van der Waals surface area contributed by atoms with Gasteiger partial charge in [0.2, 0.25) is 5.91 Å². The van der Waals surface area contributed by atoms with Crippen LogP contribution in [-0.4, -0.2) is 57.8 Å². The highest BCUT2D eigenvalue weighted by molar-refractivity contribution is 6.31. The summed E-state index contributed by atoms with van der Waals surface area (Å²) >= 11 is 6.51. The van der Waals surface area contributed by atoms with Crippen molar-refractivity contribution < 1.29 is 9.59 Å². The van der Waals surface area contributed by atoms with E-state index in [1.807, 2.05) is 54.4 Å². The van der Waals surface area contributed by atoms with Crippen molar-refractivity contribution >= 4 is 39.9 Å². The second-order valence-corrected chi connectivity index (χ2v) is 10.7. The normalized spacial score (nSPS) is 20.7. The summed E-state index contributed by atoms with van der Waals surface area (Å²) in [6.07, 6.45) is 5.08. The van der Waals surface area contributed by atoms with E-state index >= 15 is 0 Å². The zero-order chi connectivity index (χ0) is 27.1. The first-order chi connectivity index (χ1) is 18.9. The van der Waals surface area contributed by atoms with E-state index in [9.17, 15) is 9.59 Å². The fraction of sp³-hybridized carbons (Fsp3) is 0.300. The number of aryl methyl sites for hydroxylation is 1. The fourth-order valence-electron chi connectivity index (χ4n) is 6.11. The highest BCUT2D eigenvalue weighted by atomic mass is 35.5. The zero-order valence-electron chi connectivity index (χ0n) is 21.9. The molecule has 2 aromatic heterocycles. The van der Waals surface area contributed by atoms with Crippen LogP contribution in [0, 0.1) is 12.8 Å². The van der Waals surface area contributed by atoms with Crippen molar-refractivity contribution in [1.29, 1.82) is 0 Å². The number of pyridine rings is 1. The molecule has 2 atom stereocenters. The van der Waals surface area contributed by atoms with Crippen LogP contribution in [-0.2, 0) is 16.8 Å². The van der Waals surface area contributed by atoms with Gasteiger partial charge in [0, 0.05) is 58.8 Å². The molecule has 2 aliphatic heterocycles. The highest BCUT2D eigenvalue weighted by Crippen LogP contribution is 2.48. The molecule has 0 aliphatic carbocycles. The Kier molecular flexibility index (Phi) is 6.53. The van der Waals surface area contributed by atoms with Gasteiger partial charge in [0.1, 0.15) is 6.33 Å². The number of halogens is 1. The summed E-state index contributed by atoms with van der Waals surface area (Å²) in [5.41, 5.74) is 2.53. The van der Waals surface area contributed by atoms with Crippen LogP contribution in [0.15, 0.2) is 67.3 Å². The molecule has 1 spiro atoms. The van der Waals surface area contributed by atoms with Crippen LogP contribution < -0.4 is 10.2 Å².